The fourth-order valence-electron chi connectivity index (χ4n) is 1.23. The zero-order chi connectivity index (χ0) is 7.61. The van der Waals surface area contributed by atoms with Crippen LogP contribution in [-0.2, 0) is 9.53 Å². The van der Waals surface area contributed by atoms with Gasteiger partial charge >= 0.3 is 0 Å². The van der Waals surface area contributed by atoms with Gasteiger partial charge < -0.3 is 4.74 Å². The van der Waals surface area contributed by atoms with Crippen LogP contribution in [0.15, 0.2) is 0 Å². The Bertz CT molecular complexity index is 139. The number of carbonyl (C=O) groups is 1. The van der Waals surface area contributed by atoms with Gasteiger partial charge in [-0.3, -0.25) is 10.1 Å². The standard InChI is InChI=1S/C7H13NO2/c1-6(9)5-7(2)8-3-4-10-7/h8H,3-5H2,1-2H3. The molecule has 0 aromatic rings. The zero-order valence-electron chi connectivity index (χ0n) is 6.44. The van der Waals surface area contributed by atoms with Crippen LogP contribution in [0.4, 0.5) is 0 Å². The summed E-state index contributed by atoms with van der Waals surface area (Å²) in [5.41, 5.74) is -0.383. The van der Waals surface area contributed by atoms with Crippen molar-refractivity contribution >= 4 is 5.78 Å². The highest BCUT2D eigenvalue weighted by molar-refractivity contribution is 5.76. The van der Waals surface area contributed by atoms with Crippen LogP contribution in [0.2, 0.25) is 0 Å². The van der Waals surface area contributed by atoms with Gasteiger partial charge in [-0.25, -0.2) is 0 Å². The molecule has 1 aliphatic heterocycles. The molecule has 10 heavy (non-hydrogen) atoms. The predicted octanol–water partition coefficient (Wildman–Crippen LogP) is 0.301. The van der Waals surface area contributed by atoms with E-state index in [1.807, 2.05) is 6.92 Å². The monoisotopic (exact) mass is 143 g/mol. The van der Waals surface area contributed by atoms with Crippen molar-refractivity contribution in [2.75, 3.05) is 13.2 Å². The molecule has 0 bridgehead atoms. The summed E-state index contributed by atoms with van der Waals surface area (Å²) in [5.74, 6) is 0.164. The lowest BCUT2D eigenvalue weighted by Gasteiger charge is -2.21. The van der Waals surface area contributed by atoms with Crippen molar-refractivity contribution in [3.8, 4) is 0 Å². The number of carbonyl (C=O) groups excluding carboxylic acids is 1. The van der Waals surface area contributed by atoms with Crippen molar-refractivity contribution in [3.63, 3.8) is 0 Å². The summed E-state index contributed by atoms with van der Waals surface area (Å²) in [6.45, 7) is 5.05. The average Bonchev–Trinajstić information content (AvgIpc) is 2.12. The Hall–Kier alpha value is -0.410. The second-order valence-corrected chi connectivity index (χ2v) is 2.88. The van der Waals surface area contributed by atoms with Gasteiger partial charge in [0.1, 0.15) is 11.5 Å². The van der Waals surface area contributed by atoms with Crippen LogP contribution < -0.4 is 5.32 Å². The van der Waals surface area contributed by atoms with Crippen LogP contribution in [0.3, 0.4) is 0 Å². The van der Waals surface area contributed by atoms with E-state index in [-0.39, 0.29) is 11.5 Å². The molecule has 3 heteroatoms. The molecule has 0 amide bonds. The van der Waals surface area contributed by atoms with E-state index >= 15 is 0 Å². The summed E-state index contributed by atoms with van der Waals surface area (Å²) in [7, 11) is 0. The van der Waals surface area contributed by atoms with Crippen LogP contribution in [0.1, 0.15) is 20.3 Å². The molecule has 0 aromatic carbocycles. The van der Waals surface area contributed by atoms with Crippen LogP contribution in [0.25, 0.3) is 0 Å². The van der Waals surface area contributed by atoms with E-state index in [0.29, 0.717) is 13.0 Å². The van der Waals surface area contributed by atoms with Crippen molar-refractivity contribution in [1.82, 2.24) is 5.32 Å². The fraction of sp³-hybridized carbons (Fsp3) is 0.857. The summed E-state index contributed by atoms with van der Waals surface area (Å²) in [6, 6.07) is 0. The van der Waals surface area contributed by atoms with Gasteiger partial charge in [-0.05, 0) is 13.8 Å². The van der Waals surface area contributed by atoms with Gasteiger partial charge in [-0.2, -0.15) is 0 Å². The first kappa shape index (κ1) is 7.69. The molecule has 1 saturated heterocycles. The van der Waals surface area contributed by atoms with Crippen LogP contribution in [-0.4, -0.2) is 24.7 Å². The normalized spacial score (nSPS) is 32.6. The minimum absolute atomic E-state index is 0.164. The molecular formula is C7H13NO2. The van der Waals surface area contributed by atoms with Crippen molar-refractivity contribution < 1.29 is 9.53 Å². The molecule has 1 atom stereocenters. The highest BCUT2D eigenvalue weighted by Crippen LogP contribution is 2.15. The SMILES string of the molecule is CC(=O)CC1(C)NCCO1. The van der Waals surface area contributed by atoms with Crippen molar-refractivity contribution in [2.45, 2.75) is 26.0 Å². The van der Waals surface area contributed by atoms with E-state index in [1.54, 1.807) is 6.92 Å². The van der Waals surface area contributed by atoms with E-state index in [9.17, 15) is 4.79 Å². The summed E-state index contributed by atoms with van der Waals surface area (Å²) in [5, 5.41) is 3.12. The summed E-state index contributed by atoms with van der Waals surface area (Å²) in [6.07, 6.45) is 0.465. The average molecular weight is 143 g/mol. The minimum Gasteiger partial charge on any atom is -0.359 e. The molecule has 1 unspecified atom stereocenters. The zero-order valence-corrected chi connectivity index (χ0v) is 6.44. The number of ketones is 1. The molecule has 1 fully saturated rings. The Morgan fingerprint density at radius 1 is 1.80 bits per heavy atom. The number of rotatable bonds is 2. The van der Waals surface area contributed by atoms with Gasteiger partial charge in [0, 0.05) is 13.0 Å². The first-order chi connectivity index (χ1) is 4.62. The molecule has 3 nitrogen and oxygen atoms in total. The van der Waals surface area contributed by atoms with E-state index in [1.165, 1.54) is 0 Å². The Morgan fingerprint density at radius 2 is 2.50 bits per heavy atom. The lowest BCUT2D eigenvalue weighted by atomic mass is 10.1. The smallest absolute Gasteiger partial charge is 0.134 e. The third-order valence-electron chi connectivity index (χ3n) is 1.61. The van der Waals surface area contributed by atoms with Gasteiger partial charge in [0.25, 0.3) is 0 Å². The van der Waals surface area contributed by atoms with Crippen molar-refractivity contribution in [1.29, 1.82) is 0 Å². The Labute approximate surface area is 60.7 Å². The Balaban J connectivity index is 2.43. The fourth-order valence-corrected chi connectivity index (χ4v) is 1.23. The maximum atomic E-state index is 10.7. The van der Waals surface area contributed by atoms with E-state index < -0.39 is 0 Å². The molecule has 0 aliphatic carbocycles. The number of hydrogen-bond donors (Lipinski definition) is 1. The summed E-state index contributed by atoms with van der Waals surface area (Å²) in [4.78, 5) is 10.7. The van der Waals surface area contributed by atoms with Gasteiger partial charge in [0.15, 0.2) is 0 Å². The van der Waals surface area contributed by atoms with Gasteiger partial charge in [-0.15, -0.1) is 0 Å². The van der Waals surface area contributed by atoms with Crippen molar-refractivity contribution in [2.24, 2.45) is 0 Å². The second-order valence-electron chi connectivity index (χ2n) is 2.88. The summed E-state index contributed by atoms with van der Waals surface area (Å²) < 4.78 is 5.32. The molecule has 1 N–H and O–H groups in total. The highest BCUT2D eigenvalue weighted by atomic mass is 16.5. The third-order valence-corrected chi connectivity index (χ3v) is 1.61. The van der Waals surface area contributed by atoms with Gasteiger partial charge in [0.2, 0.25) is 0 Å². The number of ether oxygens (including phenoxy) is 1. The molecule has 0 spiro atoms. The minimum atomic E-state index is -0.383. The molecular weight excluding hydrogens is 130 g/mol. The maximum Gasteiger partial charge on any atom is 0.134 e. The topological polar surface area (TPSA) is 38.3 Å². The van der Waals surface area contributed by atoms with Gasteiger partial charge in [-0.1, -0.05) is 0 Å². The predicted molar refractivity (Wildman–Crippen MR) is 37.7 cm³/mol. The molecule has 58 valence electrons. The number of hydrogen-bond acceptors (Lipinski definition) is 3. The molecule has 1 rings (SSSR count). The molecule has 0 aromatic heterocycles. The second kappa shape index (κ2) is 2.68. The molecule has 1 aliphatic rings. The van der Waals surface area contributed by atoms with E-state index in [4.69, 9.17) is 4.74 Å². The molecule has 0 radical (unpaired) electrons. The van der Waals surface area contributed by atoms with Gasteiger partial charge in [0.05, 0.1) is 6.61 Å². The third kappa shape index (κ3) is 1.78. The largest absolute Gasteiger partial charge is 0.359 e. The van der Waals surface area contributed by atoms with E-state index in [0.717, 1.165) is 6.54 Å². The summed E-state index contributed by atoms with van der Waals surface area (Å²) >= 11 is 0. The lowest BCUT2D eigenvalue weighted by Crippen LogP contribution is -2.39. The van der Waals surface area contributed by atoms with Crippen molar-refractivity contribution in [3.05, 3.63) is 0 Å². The quantitative estimate of drug-likeness (QED) is 0.604. The first-order valence-corrected chi connectivity index (χ1v) is 3.51. The van der Waals surface area contributed by atoms with Crippen LogP contribution >= 0.6 is 0 Å². The maximum absolute atomic E-state index is 10.7. The van der Waals surface area contributed by atoms with Crippen LogP contribution in [0.5, 0.6) is 0 Å². The van der Waals surface area contributed by atoms with E-state index in [2.05, 4.69) is 5.32 Å². The number of Topliss-reactive ketones (excluding diaryl/α,β-unsaturated/α-hetero) is 1. The molecule has 1 heterocycles. The number of nitrogens with one attached hydrogen (secondary N) is 1. The Morgan fingerprint density at radius 3 is 2.90 bits per heavy atom. The Kier molecular flexibility index (Phi) is 2.06. The molecule has 0 saturated carbocycles. The van der Waals surface area contributed by atoms with Crippen LogP contribution in [0, 0.1) is 0 Å². The lowest BCUT2D eigenvalue weighted by molar-refractivity contribution is -0.122. The highest BCUT2D eigenvalue weighted by Gasteiger charge is 2.29. The first-order valence-electron chi connectivity index (χ1n) is 3.51.